The fraction of sp³-hybridized carbons (Fsp3) is 0.105. The second-order valence-corrected chi connectivity index (χ2v) is 7.08. The molecule has 2 N–H and O–H groups in total. The molecule has 1 atom stereocenters. The molecular formula is C19H14FN3O3S. The predicted octanol–water partition coefficient (Wildman–Crippen LogP) is 3.48. The Kier molecular flexibility index (Phi) is 4.41. The Bertz CT molecular complexity index is 1020. The number of hydrogen-bond acceptors (Lipinski definition) is 4. The molecule has 6 nitrogen and oxygen atoms in total. The van der Waals surface area contributed by atoms with Crippen molar-refractivity contribution in [2.45, 2.75) is 5.25 Å². The highest BCUT2D eigenvalue weighted by Crippen LogP contribution is 2.42. The van der Waals surface area contributed by atoms with Gasteiger partial charge in [-0.25, -0.2) is 14.2 Å². The number of carbonyl (C=O) groups excluding carboxylic acids is 1. The largest absolute Gasteiger partial charge is 0.478 e. The molecule has 0 spiro atoms. The lowest BCUT2D eigenvalue weighted by molar-refractivity contribution is -0.113. The summed E-state index contributed by atoms with van der Waals surface area (Å²) in [5.41, 5.74) is 2.51. The monoisotopic (exact) mass is 383 g/mol. The number of anilines is 1. The van der Waals surface area contributed by atoms with E-state index in [1.807, 2.05) is 4.57 Å². The van der Waals surface area contributed by atoms with Gasteiger partial charge >= 0.3 is 5.97 Å². The summed E-state index contributed by atoms with van der Waals surface area (Å²) < 4.78 is 15.1. The standard InChI is InChI=1S/C19H14FN3O3S/c20-13-5-7-14(8-6-13)23-10-21-18-16(23)17(27-9-15(24)22-18)11-1-3-12(4-2-11)19(25)26/h1-8,10,17H,9H2,(H,22,24)(H,25,26). The number of rotatable bonds is 3. The van der Waals surface area contributed by atoms with Crippen LogP contribution in [0.2, 0.25) is 0 Å². The lowest BCUT2D eigenvalue weighted by Crippen LogP contribution is -2.12. The highest BCUT2D eigenvalue weighted by molar-refractivity contribution is 8.00. The van der Waals surface area contributed by atoms with E-state index in [1.165, 1.54) is 36.0 Å². The SMILES string of the molecule is O=C1CSC(c2ccc(C(=O)O)cc2)c2c(ncn2-c2ccc(F)cc2)N1. The molecule has 2 heterocycles. The zero-order valence-electron chi connectivity index (χ0n) is 13.9. The molecule has 27 heavy (non-hydrogen) atoms. The number of amides is 1. The molecule has 0 radical (unpaired) electrons. The van der Waals surface area contributed by atoms with E-state index in [-0.39, 0.29) is 28.3 Å². The van der Waals surface area contributed by atoms with Crippen LogP contribution in [0.5, 0.6) is 0 Å². The molecule has 0 bridgehead atoms. The fourth-order valence-electron chi connectivity index (χ4n) is 2.97. The number of fused-ring (bicyclic) bond motifs is 1. The molecule has 0 saturated heterocycles. The minimum absolute atomic E-state index is 0.157. The topological polar surface area (TPSA) is 84.2 Å². The van der Waals surface area contributed by atoms with Crippen molar-refractivity contribution in [3.8, 4) is 5.69 Å². The van der Waals surface area contributed by atoms with Crippen molar-refractivity contribution < 1.29 is 19.1 Å². The lowest BCUT2D eigenvalue weighted by atomic mass is 10.1. The van der Waals surface area contributed by atoms with Crippen LogP contribution in [0.15, 0.2) is 54.9 Å². The van der Waals surface area contributed by atoms with Gasteiger partial charge in [0.2, 0.25) is 5.91 Å². The molecule has 1 unspecified atom stereocenters. The number of benzene rings is 2. The third-order valence-corrected chi connectivity index (χ3v) is 5.51. The van der Waals surface area contributed by atoms with Crippen molar-refractivity contribution in [2.75, 3.05) is 11.1 Å². The van der Waals surface area contributed by atoms with E-state index in [4.69, 9.17) is 5.11 Å². The van der Waals surface area contributed by atoms with Crippen LogP contribution in [0, 0.1) is 5.82 Å². The number of halogens is 1. The maximum absolute atomic E-state index is 13.3. The Morgan fingerprint density at radius 1 is 1.19 bits per heavy atom. The highest BCUT2D eigenvalue weighted by atomic mass is 32.2. The van der Waals surface area contributed by atoms with Crippen LogP contribution >= 0.6 is 11.8 Å². The molecule has 4 rings (SSSR count). The van der Waals surface area contributed by atoms with Crippen LogP contribution in [0.1, 0.15) is 26.9 Å². The van der Waals surface area contributed by atoms with Gasteiger partial charge in [0.1, 0.15) is 12.1 Å². The third kappa shape index (κ3) is 3.31. The molecule has 0 aliphatic carbocycles. The van der Waals surface area contributed by atoms with E-state index in [0.717, 1.165) is 11.3 Å². The van der Waals surface area contributed by atoms with Crippen LogP contribution < -0.4 is 5.32 Å². The Morgan fingerprint density at radius 2 is 1.89 bits per heavy atom. The zero-order valence-corrected chi connectivity index (χ0v) is 14.7. The summed E-state index contributed by atoms with van der Waals surface area (Å²) in [6, 6.07) is 12.6. The van der Waals surface area contributed by atoms with E-state index < -0.39 is 5.97 Å². The molecular weight excluding hydrogens is 369 g/mol. The lowest BCUT2D eigenvalue weighted by Gasteiger charge is -2.18. The Labute approximate surface area is 158 Å². The number of thioether (sulfide) groups is 1. The highest BCUT2D eigenvalue weighted by Gasteiger charge is 2.29. The van der Waals surface area contributed by atoms with E-state index in [2.05, 4.69) is 10.3 Å². The van der Waals surface area contributed by atoms with Gasteiger partial charge in [-0.05, 0) is 42.0 Å². The second kappa shape index (κ2) is 6.88. The molecule has 3 aromatic rings. The van der Waals surface area contributed by atoms with Crippen LogP contribution in [0.4, 0.5) is 10.2 Å². The molecule has 0 saturated carbocycles. The number of imidazole rings is 1. The van der Waals surface area contributed by atoms with E-state index in [1.54, 1.807) is 30.6 Å². The minimum Gasteiger partial charge on any atom is -0.478 e. The first-order chi connectivity index (χ1) is 13.0. The smallest absolute Gasteiger partial charge is 0.335 e. The summed E-state index contributed by atoms with van der Waals surface area (Å²) >= 11 is 1.42. The third-order valence-electron chi connectivity index (χ3n) is 4.26. The zero-order chi connectivity index (χ0) is 19.0. The Hall–Kier alpha value is -3.13. The van der Waals surface area contributed by atoms with Crippen LogP contribution in [0.25, 0.3) is 5.69 Å². The summed E-state index contributed by atoms with van der Waals surface area (Å²) in [4.78, 5) is 27.5. The Morgan fingerprint density at radius 3 is 2.56 bits per heavy atom. The summed E-state index contributed by atoms with van der Waals surface area (Å²) in [7, 11) is 0. The maximum Gasteiger partial charge on any atom is 0.335 e. The van der Waals surface area contributed by atoms with Crippen molar-refractivity contribution in [3.63, 3.8) is 0 Å². The Balaban J connectivity index is 1.82. The van der Waals surface area contributed by atoms with Gasteiger partial charge in [0, 0.05) is 5.69 Å². The quantitative estimate of drug-likeness (QED) is 0.723. The summed E-state index contributed by atoms with van der Waals surface area (Å²) in [5.74, 6) is -0.806. The molecule has 136 valence electrons. The molecule has 8 heteroatoms. The van der Waals surface area contributed by atoms with Gasteiger partial charge in [-0.1, -0.05) is 12.1 Å². The van der Waals surface area contributed by atoms with Crippen LogP contribution in [-0.2, 0) is 4.79 Å². The van der Waals surface area contributed by atoms with Crippen LogP contribution in [0.3, 0.4) is 0 Å². The number of aromatic nitrogens is 2. The van der Waals surface area contributed by atoms with E-state index in [0.29, 0.717) is 11.5 Å². The maximum atomic E-state index is 13.3. The number of nitrogens with one attached hydrogen (secondary N) is 1. The molecule has 1 aromatic heterocycles. The van der Waals surface area contributed by atoms with E-state index in [9.17, 15) is 14.0 Å². The first-order valence-corrected chi connectivity index (χ1v) is 9.15. The number of carboxylic acid groups (broad SMARTS) is 1. The molecule has 1 amide bonds. The van der Waals surface area contributed by atoms with Crippen molar-refractivity contribution in [2.24, 2.45) is 0 Å². The van der Waals surface area contributed by atoms with Gasteiger partial charge in [0.25, 0.3) is 0 Å². The normalized spacial score (nSPS) is 16.3. The van der Waals surface area contributed by atoms with E-state index >= 15 is 0 Å². The first-order valence-electron chi connectivity index (χ1n) is 8.11. The van der Waals surface area contributed by atoms with Gasteiger partial charge in [0.15, 0.2) is 5.82 Å². The number of carboxylic acids is 1. The first kappa shape index (κ1) is 17.3. The average Bonchev–Trinajstić information content (AvgIpc) is 2.98. The summed E-state index contributed by atoms with van der Waals surface area (Å²) in [5, 5.41) is 11.7. The average molecular weight is 383 g/mol. The molecule has 1 aliphatic heterocycles. The van der Waals surface area contributed by atoms with Crippen molar-refractivity contribution in [1.82, 2.24) is 9.55 Å². The van der Waals surface area contributed by atoms with Crippen molar-refractivity contribution in [3.05, 3.63) is 77.5 Å². The number of nitrogens with zero attached hydrogens (tertiary/aromatic N) is 2. The van der Waals surface area contributed by atoms with Gasteiger partial charge < -0.3 is 10.4 Å². The molecule has 0 fully saturated rings. The van der Waals surface area contributed by atoms with Gasteiger partial charge in [-0.2, -0.15) is 0 Å². The second-order valence-electron chi connectivity index (χ2n) is 5.99. The number of carbonyl (C=O) groups is 2. The summed E-state index contributed by atoms with van der Waals surface area (Å²) in [6.07, 6.45) is 1.59. The summed E-state index contributed by atoms with van der Waals surface area (Å²) in [6.45, 7) is 0. The van der Waals surface area contributed by atoms with Crippen molar-refractivity contribution in [1.29, 1.82) is 0 Å². The predicted molar refractivity (Wildman–Crippen MR) is 99.9 cm³/mol. The van der Waals surface area contributed by atoms with Crippen LogP contribution in [-0.4, -0.2) is 32.3 Å². The fourth-order valence-corrected chi connectivity index (χ4v) is 4.10. The number of hydrogen-bond donors (Lipinski definition) is 2. The van der Waals surface area contributed by atoms with Gasteiger partial charge in [-0.15, -0.1) is 11.8 Å². The molecule has 2 aromatic carbocycles. The van der Waals surface area contributed by atoms with Gasteiger partial charge in [0.05, 0.1) is 22.3 Å². The van der Waals surface area contributed by atoms with Crippen molar-refractivity contribution >= 4 is 29.5 Å². The molecule has 1 aliphatic rings. The van der Waals surface area contributed by atoms with Gasteiger partial charge in [-0.3, -0.25) is 9.36 Å². The minimum atomic E-state index is -0.996. The number of aromatic carboxylic acids is 1.